The molecule has 1 nitrogen and oxygen atoms in total. The molecule has 0 amide bonds. The van der Waals surface area contributed by atoms with Crippen LogP contribution in [0.2, 0.25) is 0 Å². The van der Waals surface area contributed by atoms with Gasteiger partial charge in [-0.2, -0.15) is 0 Å². The Morgan fingerprint density at radius 2 is 2.50 bits per heavy atom. The number of hydrogen-bond donors (Lipinski definition) is 1. The van der Waals surface area contributed by atoms with Crippen molar-refractivity contribution in [2.75, 3.05) is 0 Å². The summed E-state index contributed by atoms with van der Waals surface area (Å²) in [5, 5.41) is 10.5. The Bertz CT molecular complexity index is 71.2. The SMILES string of the molecule is OC1C=CSS1. The van der Waals surface area contributed by atoms with E-state index in [1.807, 2.05) is 5.41 Å². The van der Waals surface area contributed by atoms with Gasteiger partial charge in [-0.25, -0.2) is 0 Å². The first-order chi connectivity index (χ1) is 2.89. The molecule has 0 aliphatic carbocycles. The van der Waals surface area contributed by atoms with E-state index in [9.17, 15) is 0 Å². The summed E-state index contributed by atoms with van der Waals surface area (Å²) in [6.07, 6.45) is 1.76. The van der Waals surface area contributed by atoms with E-state index in [2.05, 4.69) is 0 Å². The fourth-order valence-corrected chi connectivity index (χ4v) is 1.77. The molecule has 1 atom stereocenters. The Kier molecular flexibility index (Phi) is 1.45. The molecular weight excluding hydrogens is 116 g/mol. The topological polar surface area (TPSA) is 20.2 Å². The molecule has 1 heterocycles. The van der Waals surface area contributed by atoms with Crippen LogP contribution in [0.25, 0.3) is 0 Å². The minimum Gasteiger partial charge on any atom is -0.378 e. The summed E-state index contributed by atoms with van der Waals surface area (Å²) >= 11 is 0. The molecule has 0 bridgehead atoms. The van der Waals surface area contributed by atoms with Crippen LogP contribution in [0, 0.1) is 0 Å². The van der Waals surface area contributed by atoms with Crippen LogP contribution in [0.1, 0.15) is 0 Å². The fraction of sp³-hybridized carbons (Fsp3) is 0.333. The monoisotopic (exact) mass is 120 g/mol. The lowest BCUT2D eigenvalue weighted by molar-refractivity contribution is 0.312. The van der Waals surface area contributed by atoms with E-state index in [0.29, 0.717) is 0 Å². The standard InChI is InChI=1S/C3H4OS2/c4-3-1-2-5-6-3/h1-4H. The molecule has 1 aliphatic heterocycles. The van der Waals surface area contributed by atoms with Crippen LogP contribution >= 0.6 is 21.6 Å². The van der Waals surface area contributed by atoms with Crippen molar-refractivity contribution in [3.8, 4) is 0 Å². The maximum Gasteiger partial charge on any atom is 0.129 e. The summed E-state index contributed by atoms with van der Waals surface area (Å²) in [4.78, 5) is 0. The van der Waals surface area contributed by atoms with Gasteiger partial charge in [0.25, 0.3) is 0 Å². The average Bonchev–Trinajstić information content (AvgIpc) is 1.86. The van der Waals surface area contributed by atoms with Crippen molar-refractivity contribution in [3.63, 3.8) is 0 Å². The third-order valence-corrected chi connectivity index (χ3v) is 2.44. The van der Waals surface area contributed by atoms with Crippen molar-refractivity contribution >= 4 is 21.6 Å². The number of hydrogen-bond acceptors (Lipinski definition) is 3. The number of rotatable bonds is 0. The molecule has 1 unspecified atom stereocenters. The van der Waals surface area contributed by atoms with Crippen molar-refractivity contribution in [2.24, 2.45) is 0 Å². The van der Waals surface area contributed by atoms with Crippen LogP contribution in [-0.2, 0) is 0 Å². The molecule has 1 N–H and O–H groups in total. The Balaban J connectivity index is 2.38. The van der Waals surface area contributed by atoms with E-state index in [4.69, 9.17) is 5.11 Å². The van der Waals surface area contributed by atoms with E-state index < -0.39 is 0 Å². The Morgan fingerprint density at radius 3 is 2.67 bits per heavy atom. The van der Waals surface area contributed by atoms with Gasteiger partial charge in [0.05, 0.1) is 0 Å². The minimum atomic E-state index is -0.255. The number of aliphatic hydroxyl groups excluding tert-OH is 1. The molecule has 0 aromatic carbocycles. The molecule has 0 aromatic heterocycles. The predicted molar refractivity (Wildman–Crippen MR) is 30.3 cm³/mol. The van der Waals surface area contributed by atoms with Crippen LogP contribution in [-0.4, -0.2) is 10.5 Å². The van der Waals surface area contributed by atoms with Gasteiger partial charge < -0.3 is 5.11 Å². The van der Waals surface area contributed by atoms with Gasteiger partial charge in [-0.3, -0.25) is 0 Å². The Morgan fingerprint density at radius 1 is 1.67 bits per heavy atom. The lowest BCUT2D eigenvalue weighted by atomic mass is 10.7. The third kappa shape index (κ3) is 0.929. The van der Waals surface area contributed by atoms with E-state index >= 15 is 0 Å². The number of aliphatic hydroxyl groups is 1. The van der Waals surface area contributed by atoms with E-state index in [-0.39, 0.29) is 5.44 Å². The Hall–Kier alpha value is 0.400. The summed E-state index contributed by atoms with van der Waals surface area (Å²) in [5.41, 5.74) is -0.255. The second kappa shape index (κ2) is 1.91. The molecule has 0 aromatic rings. The summed E-state index contributed by atoms with van der Waals surface area (Å²) < 4.78 is 0. The maximum absolute atomic E-state index is 8.58. The average molecular weight is 120 g/mol. The highest BCUT2D eigenvalue weighted by molar-refractivity contribution is 8.78. The fourth-order valence-electron chi connectivity index (χ4n) is 0.220. The van der Waals surface area contributed by atoms with Crippen LogP contribution in [0.4, 0.5) is 0 Å². The van der Waals surface area contributed by atoms with E-state index in [0.717, 1.165) is 0 Å². The second-order valence-corrected chi connectivity index (χ2v) is 3.21. The highest BCUT2D eigenvalue weighted by atomic mass is 33.1. The van der Waals surface area contributed by atoms with Gasteiger partial charge in [-0.05, 0) is 11.5 Å². The van der Waals surface area contributed by atoms with Crippen molar-refractivity contribution in [1.29, 1.82) is 0 Å². The molecular formula is C3H4OS2. The van der Waals surface area contributed by atoms with Gasteiger partial charge in [0.2, 0.25) is 0 Å². The third-order valence-electron chi connectivity index (χ3n) is 0.453. The van der Waals surface area contributed by atoms with Crippen LogP contribution in [0.15, 0.2) is 11.5 Å². The zero-order valence-electron chi connectivity index (χ0n) is 3.00. The first-order valence-corrected chi connectivity index (χ1v) is 3.84. The summed E-state index contributed by atoms with van der Waals surface area (Å²) in [6.45, 7) is 0. The minimum absolute atomic E-state index is 0.255. The molecule has 0 saturated heterocycles. The molecule has 1 aliphatic rings. The molecule has 0 radical (unpaired) electrons. The van der Waals surface area contributed by atoms with Gasteiger partial charge >= 0.3 is 0 Å². The van der Waals surface area contributed by atoms with Crippen molar-refractivity contribution in [2.45, 2.75) is 5.44 Å². The largest absolute Gasteiger partial charge is 0.378 e. The van der Waals surface area contributed by atoms with Crippen LogP contribution in [0.3, 0.4) is 0 Å². The van der Waals surface area contributed by atoms with Gasteiger partial charge in [-0.1, -0.05) is 21.6 Å². The van der Waals surface area contributed by atoms with E-state index in [1.54, 1.807) is 16.9 Å². The zero-order valence-corrected chi connectivity index (χ0v) is 4.63. The molecule has 0 saturated carbocycles. The van der Waals surface area contributed by atoms with Crippen LogP contribution < -0.4 is 0 Å². The lowest BCUT2D eigenvalue weighted by Gasteiger charge is -1.87. The highest BCUT2D eigenvalue weighted by Gasteiger charge is 2.02. The molecule has 0 spiro atoms. The summed E-state index contributed by atoms with van der Waals surface area (Å²) in [5.74, 6) is 0. The normalized spacial score (nSPS) is 31.8. The first kappa shape index (κ1) is 4.56. The second-order valence-electron chi connectivity index (χ2n) is 0.912. The van der Waals surface area contributed by atoms with Gasteiger partial charge in [0, 0.05) is 0 Å². The first-order valence-electron chi connectivity index (χ1n) is 1.56. The quantitative estimate of drug-likeness (QED) is 0.485. The highest BCUT2D eigenvalue weighted by Crippen LogP contribution is 2.33. The van der Waals surface area contributed by atoms with Crippen LogP contribution in [0.5, 0.6) is 0 Å². The zero-order chi connectivity index (χ0) is 4.41. The van der Waals surface area contributed by atoms with Gasteiger partial charge in [0.1, 0.15) is 5.44 Å². The molecule has 3 heteroatoms. The molecule has 1 rings (SSSR count). The smallest absolute Gasteiger partial charge is 0.129 e. The molecule has 0 fully saturated rings. The summed E-state index contributed by atoms with van der Waals surface area (Å²) in [6, 6.07) is 0. The molecule has 34 valence electrons. The summed E-state index contributed by atoms with van der Waals surface area (Å²) in [7, 11) is 3.03. The van der Waals surface area contributed by atoms with Crippen molar-refractivity contribution in [3.05, 3.63) is 11.5 Å². The lowest BCUT2D eigenvalue weighted by Crippen LogP contribution is -1.84. The van der Waals surface area contributed by atoms with Crippen molar-refractivity contribution < 1.29 is 5.11 Å². The molecule has 6 heavy (non-hydrogen) atoms. The van der Waals surface area contributed by atoms with Crippen molar-refractivity contribution in [1.82, 2.24) is 0 Å². The predicted octanol–water partition coefficient (Wildman–Crippen LogP) is 1.21. The van der Waals surface area contributed by atoms with E-state index in [1.165, 1.54) is 10.8 Å². The van der Waals surface area contributed by atoms with Gasteiger partial charge in [0.15, 0.2) is 0 Å². The Labute approximate surface area is 44.2 Å². The van der Waals surface area contributed by atoms with Gasteiger partial charge in [-0.15, -0.1) is 0 Å². The maximum atomic E-state index is 8.58.